The third-order valence-corrected chi connectivity index (χ3v) is 4.02. The largest absolute Gasteiger partial charge is 0.323 e. The first-order chi connectivity index (χ1) is 13.0. The van der Waals surface area contributed by atoms with Gasteiger partial charge in [0.1, 0.15) is 17.9 Å². The lowest BCUT2D eigenvalue weighted by Gasteiger charge is -2.15. The molecule has 1 heterocycles. The molecule has 1 unspecified atom stereocenters. The molecule has 0 aliphatic carbocycles. The number of halogens is 1. The molecule has 0 radical (unpaired) electrons. The summed E-state index contributed by atoms with van der Waals surface area (Å²) >= 11 is 0. The maximum atomic E-state index is 13.1. The van der Waals surface area contributed by atoms with Crippen LogP contribution in [0.1, 0.15) is 18.5 Å². The Morgan fingerprint density at radius 2 is 1.85 bits per heavy atom. The second-order valence-corrected chi connectivity index (χ2v) is 5.83. The van der Waals surface area contributed by atoms with Gasteiger partial charge in [-0.1, -0.05) is 12.1 Å². The Morgan fingerprint density at radius 1 is 1.15 bits per heavy atom. The van der Waals surface area contributed by atoms with Crippen molar-refractivity contribution in [1.82, 2.24) is 9.78 Å². The summed E-state index contributed by atoms with van der Waals surface area (Å²) in [5, 5.41) is 16.0. The summed E-state index contributed by atoms with van der Waals surface area (Å²) < 4.78 is 14.2. The zero-order valence-electron chi connectivity index (χ0n) is 14.4. The van der Waals surface area contributed by atoms with Crippen molar-refractivity contribution in [2.24, 2.45) is 0 Å². The van der Waals surface area contributed by atoms with Crippen LogP contribution in [0.5, 0.6) is 0 Å². The van der Waals surface area contributed by atoms with Crippen molar-refractivity contribution in [3.8, 4) is 17.3 Å². The molecule has 2 aromatic carbocycles. The Bertz CT molecular complexity index is 1080. The highest BCUT2D eigenvalue weighted by atomic mass is 19.1. The van der Waals surface area contributed by atoms with Gasteiger partial charge < -0.3 is 5.32 Å². The minimum Gasteiger partial charge on any atom is -0.323 e. The van der Waals surface area contributed by atoms with Crippen molar-refractivity contribution in [3.63, 3.8) is 0 Å². The van der Waals surface area contributed by atoms with Gasteiger partial charge in [0.15, 0.2) is 0 Å². The number of nitrogens with one attached hydrogen (secondary N) is 1. The maximum Gasteiger partial charge on any atom is 0.267 e. The van der Waals surface area contributed by atoms with Gasteiger partial charge in [-0.05, 0) is 49.4 Å². The lowest BCUT2D eigenvalue weighted by atomic mass is 10.1. The fourth-order valence-corrected chi connectivity index (χ4v) is 2.52. The summed E-state index contributed by atoms with van der Waals surface area (Å²) in [6, 6.07) is 16.1. The van der Waals surface area contributed by atoms with Crippen LogP contribution in [0.3, 0.4) is 0 Å². The Kier molecular flexibility index (Phi) is 5.08. The molecule has 134 valence electrons. The highest BCUT2D eigenvalue weighted by Gasteiger charge is 2.19. The SMILES string of the molecule is CC(C(=O)Nc1ccccc1C#N)n1nc(-c2ccc(F)cc2)ccc1=O. The van der Waals surface area contributed by atoms with E-state index >= 15 is 0 Å². The van der Waals surface area contributed by atoms with E-state index in [1.54, 1.807) is 36.4 Å². The van der Waals surface area contributed by atoms with Crippen LogP contribution in [0.15, 0.2) is 65.5 Å². The van der Waals surface area contributed by atoms with Crippen molar-refractivity contribution in [2.75, 3.05) is 5.32 Å². The van der Waals surface area contributed by atoms with E-state index in [-0.39, 0.29) is 5.82 Å². The van der Waals surface area contributed by atoms with E-state index in [9.17, 15) is 14.0 Å². The quantitative estimate of drug-likeness (QED) is 0.772. The molecule has 0 bridgehead atoms. The molecular weight excluding hydrogens is 347 g/mol. The van der Waals surface area contributed by atoms with Gasteiger partial charge in [0.2, 0.25) is 5.91 Å². The lowest BCUT2D eigenvalue weighted by molar-refractivity contribution is -0.119. The van der Waals surface area contributed by atoms with Crippen LogP contribution in [0.25, 0.3) is 11.3 Å². The van der Waals surface area contributed by atoms with Gasteiger partial charge in [-0.2, -0.15) is 10.4 Å². The molecule has 0 saturated carbocycles. The number of benzene rings is 2. The average molecular weight is 362 g/mol. The van der Waals surface area contributed by atoms with E-state index in [1.807, 2.05) is 6.07 Å². The van der Waals surface area contributed by atoms with Gasteiger partial charge in [-0.25, -0.2) is 9.07 Å². The van der Waals surface area contributed by atoms with E-state index in [0.717, 1.165) is 4.68 Å². The van der Waals surface area contributed by atoms with Gasteiger partial charge in [-0.3, -0.25) is 9.59 Å². The number of carbonyl (C=O) groups is 1. The number of rotatable bonds is 4. The summed E-state index contributed by atoms with van der Waals surface area (Å²) in [5.74, 6) is -0.862. The molecule has 0 aliphatic rings. The fraction of sp³-hybridized carbons (Fsp3) is 0.100. The molecule has 1 aromatic heterocycles. The second-order valence-electron chi connectivity index (χ2n) is 5.83. The summed E-state index contributed by atoms with van der Waals surface area (Å²) in [5.41, 5.74) is 1.29. The van der Waals surface area contributed by atoms with Crippen LogP contribution in [0, 0.1) is 17.1 Å². The molecule has 1 N–H and O–H groups in total. The summed E-state index contributed by atoms with van der Waals surface area (Å²) in [7, 11) is 0. The van der Waals surface area contributed by atoms with E-state index in [0.29, 0.717) is 22.5 Å². The second kappa shape index (κ2) is 7.62. The molecule has 0 saturated heterocycles. The van der Waals surface area contributed by atoms with Crippen LogP contribution in [0.4, 0.5) is 10.1 Å². The first-order valence-corrected chi connectivity index (χ1v) is 8.15. The van der Waals surface area contributed by atoms with Crippen LogP contribution in [-0.4, -0.2) is 15.7 Å². The lowest BCUT2D eigenvalue weighted by Crippen LogP contribution is -2.33. The van der Waals surface area contributed by atoms with Gasteiger partial charge in [0, 0.05) is 11.6 Å². The molecule has 3 aromatic rings. The Morgan fingerprint density at radius 3 is 2.56 bits per heavy atom. The summed E-state index contributed by atoms with van der Waals surface area (Å²) in [6.45, 7) is 1.53. The van der Waals surface area contributed by atoms with Crippen LogP contribution >= 0.6 is 0 Å². The molecule has 0 aliphatic heterocycles. The molecule has 0 spiro atoms. The number of nitrogens with zero attached hydrogens (tertiary/aromatic N) is 3. The number of para-hydroxylation sites is 1. The fourth-order valence-electron chi connectivity index (χ4n) is 2.52. The number of aromatic nitrogens is 2. The van der Waals surface area contributed by atoms with Crippen LogP contribution < -0.4 is 10.9 Å². The minimum absolute atomic E-state index is 0.318. The molecule has 6 nitrogen and oxygen atoms in total. The molecular formula is C20H15FN4O2. The molecule has 27 heavy (non-hydrogen) atoms. The highest BCUT2D eigenvalue weighted by molar-refractivity contribution is 5.94. The number of amides is 1. The van der Waals surface area contributed by atoms with E-state index in [4.69, 9.17) is 5.26 Å². The Balaban J connectivity index is 1.90. The standard InChI is InChI=1S/C20H15FN4O2/c1-13(20(27)23-17-5-3-2-4-15(17)12-22)25-19(26)11-10-18(24-25)14-6-8-16(21)9-7-14/h2-11,13H,1H3,(H,23,27). The number of hydrogen-bond donors (Lipinski definition) is 1. The zero-order chi connectivity index (χ0) is 19.4. The van der Waals surface area contributed by atoms with Crippen molar-refractivity contribution >= 4 is 11.6 Å². The van der Waals surface area contributed by atoms with Gasteiger partial charge in [-0.15, -0.1) is 0 Å². The smallest absolute Gasteiger partial charge is 0.267 e. The van der Waals surface area contributed by atoms with E-state index in [2.05, 4.69) is 10.4 Å². The topological polar surface area (TPSA) is 87.8 Å². The van der Waals surface area contributed by atoms with E-state index < -0.39 is 17.5 Å². The van der Waals surface area contributed by atoms with E-state index in [1.165, 1.54) is 31.2 Å². The molecule has 3 rings (SSSR count). The zero-order valence-corrected chi connectivity index (χ0v) is 14.4. The summed E-state index contributed by atoms with van der Waals surface area (Å²) in [4.78, 5) is 24.7. The third-order valence-electron chi connectivity index (χ3n) is 4.02. The van der Waals surface area contributed by atoms with Crippen molar-refractivity contribution in [2.45, 2.75) is 13.0 Å². The minimum atomic E-state index is -0.912. The predicted octanol–water partition coefficient (Wildman–Crippen LogP) is 3.12. The molecule has 1 amide bonds. The Hall–Kier alpha value is -3.79. The van der Waals surface area contributed by atoms with Crippen molar-refractivity contribution in [3.05, 3.63) is 82.4 Å². The van der Waals surface area contributed by atoms with Crippen LogP contribution in [0.2, 0.25) is 0 Å². The van der Waals surface area contributed by atoms with Gasteiger partial charge >= 0.3 is 0 Å². The first kappa shape index (κ1) is 18.0. The molecule has 7 heteroatoms. The number of carbonyl (C=O) groups excluding carboxylic acids is 1. The van der Waals surface area contributed by atoms with Gasteiger partial charge in [0.25, 0.3) is 5.56 Å². The first-order valence-electron chi connectivity index (χ1n) is 8.15. The number of anilines is 1. The third kappa shape index (κ3) is 3.90. The monoisotopic (exact) mass is 362 g/mol. The van der Waals surface area contributed by atoms with Gasteiger partial charge in [0.05, 0.1) is 16.9 Å². The van der Waals surface area contributed by atoms with Crippen LogP contribution in [-0.2, 0) is 4.79 Å². The molecule has 1 atom stereocenters. The predicted molar refractivity (Wildman–Crippen MR) is 98.4 cm³/mol. The summed E-state index contributed by atoms with van der Waals surface area (Å²) in [6.07, 6.45) is 0. The van der Waals surface area contributed by atoms with Crippen molar-refractivity contribution in [1.29, 1.82) is 5.26 Å². The number of hydrogen-bond acceptors (Lipinski definition) is 4. The maximum absolute atomic E-state index is 13.1. The average Bonchev–Trinajstić information content (AvgIpc) is 2.69. The normalized spacial score (nSPS) is 11.4. The number of nitriles is 1. The molecule has 0 fully saturated rings. The highest BCUT2D eigenvalue weighted by Crippen LogP contribution is 2.18. The van der Waals surface area contributed by atoms with Crippen molar-refractivity contribution < 1.29 is 9.18 Å². The Labute approximate surface area is 154 Å².